The molecule has 2 nitrogen and oxygen atoms in total. The van der Waals surface area contributed by atoms with E-state index >= 15 is 0 Å². The van der Waals surface area contributed by atoms with E-state index in [9.17, 15) is 0 Å². The molecule has 0 atom stereocenters. The van der Waals surface area contributed by atoms with Crippen molar-refractivity contribution in [2.45, 2.75) is 39.7 Å². The maximum atomic E-state index is 5.96. The number of nitrogens with one attached hydrogen (secondary N) is 1. The van der Waals surface area contributed by atoms with E-state index in [1.807, 2.05) is 0 Å². The van der Waals surface area contributed by atoms with Crippen LogP contribution in [0.25, 0.3) is 16.8 Å². The number of rotatable bonds is 2. The van der Waals surface area contributed by atoms with Crippen molar-refractivity contribution in [1.29, 1.82) is 0 Å². The van der Waals surface area contributed by atoms with Gasteiger partial charge in [-0.05, 0) is 50.5 Å². The lowest BCUT2D eigenvalue weighted by molar-refractivity contribution is 0.620. The average Bonchev–Trinajstić information content (AvgIpc) is 2.93. The predicted octanol–water partition coefficient (Wildman–Crippen LogP) is 6.47. The van der Waals surface area contributed by atoms with Gasteiger partial charge in [0, 0.05) is 16.8 Å². The monoisotopic (exact) mass is 366 g/mol. The smallest absolute Gasteiger partial charge is 0.129 e. The minimum absolute atomic E-state index is 0.138. The quantitative estimate of drug-likeness (QED) is 0.524. The number of anilines is 1. The lowest BCUT2D eigenvalue weighted by Gasteiger charge is -2.33. The Bertz CT molecular complexity index is 1020. The Morgan fingerprint density at radius 2 is 1.92 bits per heavy atom. The van der Waals surface area contributed by atoms with Gasteiger partial charge < -0.3 is 5.32 Å². The van der Waals surface area contributed by atoms with Crippen molar-refractivity contribution < 1.29 is 0 Å². The summed E-state index contributed by atoms with van der Waals surface area (Å²) >= 11 is 7.73. The van der Waals surface area contributed by atoms with Crippen molar-refractivity contribution in [3.05, 3.63) is 63.1 Å². The summed E-state index contributed by atoms with van der Waals surface area (Å²) in [5.74, 6) is 0. The van der Waals surface area contributed by atoms with Gasteiger partial charge in [-0.1, -0.05) is 61.0 Å². The van der Waals surface area contributed by atoms with Crippen LogP contribution in [0, 0.1) is 11.6 Å². The Hall–Kier alpha value is -1.91. The molecule has 0 saturated heterocycles. The third-order valence-electron chi connectivity index (χ3n) is 4.86. The molecule has 0 unspecified atom stereocenters. The average molecular weight is 367 g/mol. The van der Waals surface area contributed by atoms with Gasteiger partial charge >= 0.3 is 0 Å². The van der Waals surface area contributed by atoms with Crippen LogP contribution in [0.2, 0.25) is 0 Å². The molecule has 4 heteroatoms. The third-order valence-corrected chi connectivity index (χ3v) is 6.82. The van der Waals surface area contributed by atoms with Crippen molar-refractivity contribution in [1.82, 2.24) is 3.96 Å². The minimum Gasteiger partial charge on any atom is -0.375 e. The van der Waals surface area contributed by atoms with Crippen LogP contribution in [0.3, 0.4) is 0 Å². The predicted molar refractivity (Wildman–Crippen MR) is 111 cm³/mol. The van der Waals surface area contributed by atoms with Crippen molar-refractivity contribution in [3.8, 4) is 16.8 Å². The first kappa shape index (κ1) is 16.6. The third kappa shape index (κ3) is 2.55. The first-order valence-corrected chi connectivity index (χ1v) is 9.85. The Morgan fingerprint density at radius 3 is 2.68 bits per heavy atom. The summed E-state index contributed by atoms with van der Waals surface area (Å²) in [5, 5.41) is 3.70. The molecule has 0 fully saturated rings. The maximum Gasteiger partial charge on any atom is 0.129 e. The molecule has 1 aromatic heterocycles. The molecule has 0 bridgehead atoms. The van der Waals surface area contributed by atoms with Crippen LogP contribution in [0.15, 0.2) is 42.5 Å². The highest BCUT2D eigenvalue weighted by Crippen LogP contribution is 2.47. The van der Waals surface area contributed by atoms with Gasteiger partial charge in [-0.3, -0.25) is 3.96 Å². The van der Waals surface area contributed by atoms with Crippen LogP contribution in [-0.2, 0) is 12.0 Å². The largest absolute Gasteiger partial charge is 0.375 e. The first-order chi connectivity index (χ1) is 11.9. The van der Waals surface area contributed by atoms with Gasteiger partial charge in [0.05, 0.1) is 16.1 Å². The van der Waals surface area contributed by atoms with E-state index in [4.69, 9.17) is 12.2 Å². The molecule has 0 saturated carbocycles. The molecular formula is C21H22N2S2. The summed E-state index contributed by atoms with van der Waals surface area (Å²) in [6.07, 6.45) is 0.998. The Morgan fingerprint density at radius 1 is 1.16 bits per heavy atom. The van der Waals surface area contributed by atoms with E-state index in [1.54, 1.807) is 11.5 Å². The number of hydrogen-bond donors (Lipinski definition) is 1. The van der Waals surface area contributed by atoms with Gasteiger partial charge in [-0.2, -0.15) is 0 Å². The number of benzene rings is 2. The van der Waals surface area contributed by atoms with Crippen molar-refractivity contribution >= 4 is 29.4 Å². The van der Waals surface area contributed by atoms with Gasteiger partial charge in [0.25, 0.3) is 0 Å². The fourth-order valence-electron chi connectivity index (χ4n) is 3.58. The first-order valence-electron chi connectivity index (χ1n) is 8.66. The number of nitrogens with zero attached hydrogens (tertiary/aromatic N) is 1. The van der Waals surface area contributed by atoms with Gasteiger partial charge in [0.15, 0.2) is 0 Å². The number of aryl methyl sites for hydroxylation is 2. The molecule has 1 aliphatic rings. The molecule has 4 rings (SSSR count). The van der Waals surface area contributed by atoms with Crippen LogP contribution >= 0.6 is 23.8 Å². The highest BCUT2D eigenvalue weighted by Gasteiger charge is 2.34. The number of hydrogen-bond acceptors (Lipinski definition) is 3. The molecule has 25 heavy (non-hydrogen) atoms. The summed E-state index contributed by atoms with van der Waals surface area (Å²) in [5.41, 5.74) is 7.26. The molecule has 3 aromatic rings. The van der Waals surface area contributed by atoms with Crippen molar-refractivity contribution in [2.75, 3.05) is 5.32 Å². The van der Waals surface area contributed by atoms with E-state index in [-0.39, 0.29) is 5.54 Å². The van der Waals surface area contributed by atoms with Crippen LogP contribution in [0.5, 0.6) is 0 Å². The molecular weight excluding hydrogens is 344 g/mol. The zero-order chi connectivity index (χ0) is 17.8. The zero-order valence-electron chi connectivity index (χ0n) is 15.0. The molecule has 0 radical (unpaired) electrons. The second-order valence-corrected chi connectivity index (χ2v) is 8.52. The van der Waals surface area contributed by atoms with E-state index in [2.05, 4.69) is 79.4 Å². The molecule has 0 spiro atoms. The molecule has 1 N–H and O–H groups in total. The lowest BCUT2D eigenvalue weighted by Crippen LogP contribution is -2.30. The highest BCUT2D eigenvalue weighted by molar-refractivity contribution is 7.71. The van der Waals surface area contributed by atoms with Gasteiger partial charge in [-0.15, -0.1) is 0 Å². The van der Waals surface area contributed by atoms with Gasteiger partial charge in [0.2, 0.25) is 0 Å². The standard InChI is InChI=1S/C21H22N2S2/c1-5-14-8-6-7-9-17(14)23-20(24)18-15-11-10-13(2)12-16(15)22-21(3,4)19(18)25-23/h6-12,22H,5H2,1-4H3. The molecule has 0 aliphatic carbocycles. The topological polar surface area (TPSA) is 17.0 Å². The number of aromatic nitrogens is 1. The summed E-state index contributed by atoms with van der Waals surface area (Å²) < 4.78 is 3.15. The number of fused-ring (bicyclic) bond motifs is 3. The lowest BCUT2D eigenvalue weighted by atomic mass is 9.89. The zero-order valence-corrected chi connectivity index (χ0v) is 16.6. The van der Waals surface area contributed by atoms with E-state index in [0.717, 1.165) is 11.1 Å². The molecule has 1 aliphatic heterocycles. The van der Waals surface area contributed by atoms with E-state index < -0.39 is 0 Å². The maximum absolute atomic E-state index is 5.96. The fraction of sp³-hybridized carbons (Fsp3) is 0.286. The molecule has 128 valence electrons. The van der Waals surface area contributed by atoms with Crippen LogP contribution in [-0.4, -0.2) is 3.96 Å². The van der Waals surface area contributed by atoms with E-state index in [0.29, 0.717) is 0 Å². The summed E-state index contributed by atoms with van der Waals surface area (Å²) in [6, 6.07) is 15.1. The summed E-state index contributed by atoms with van der Waals surface area (Å²) in [6.45, 7) is 8.79. The summed E-state index contributed by atoms with van der Waals surface area (Å²) in [7, 11) is 0. The second kappa shape index (κ2) is 5.82. The Kier molecular flexibility index (Phi) is 3.85. The van der Waals surface area contributed by atoms with Gasteiger partial charge in [0.1, 0.15) is 4.64 Å². The fourth-order valence-corrected chi connectivity index (χ4v) is 5.28. The van der Waals surface area contributed by atoms with Crippen LogP contribution < -0.4 is 5.32 Å². The highest BCUT2D eigenvalue weighted by atomic mass is 32.1. The molecule has 0 amide bonds. The van der Waals surface area contributed by atoms with Crippen molar-refractivity contribution in [3.63, 3.8) is 0 Å². The van der Waals surface area contributed by atoms with E-state index in [1.165, 1.54) is 38.5 Å². The second-order valence-electron chi connectivity index (χ2n) is 7.18. The molecule has 2 heterocycles. The van der Waals surface area contributed by atoms with Gasteiger partial charge in [-0.25, -0.2) is 0 Å². The summed E-state index contributed by atoms with van der Waals surface area (Å²) in [4.78, 5) is 1.31. The number of para-hydroxylation sites is 1. The molecule has 2 aromatic carbocycles. The Balaban J connectivity index is 2.03. The normalized spacial score (nSPS) is 14.6. The van der Waals surface area contributed by atoms with Crippen molar-refractivity contribution in [2.24, 2.45) is 0 Å². The SMILES string of the molecule is CCc1ccccc1-n1sc2c(c1=S)-c1ccc(C)cc1NC2(C)C. The Labute approximate surface area is 158 Å². The van der Waals surface area contributed by atoms with Crippen LogP contribution in [0.4, 0.5) is 5.69 Å². The van der Waals surface area contributed by atoms with Crippen LogP contribution in [0.1, 0.15) is 36.8 Å². The minimum atomic E-state index is -0.138.